The first kappa shape index (κ1) is 11.5. The lowest BCUT2D eigenvalue weighted by Crippen LogP contribution is -2.16. The lowest BCUT2D eigenvalue weighted by atomic mass is 10.2. The summed E-state index contributed by atoms with van der Waals surface area (Å²) in [4.78, 5) is 4.26. The Morgan fingerprint density at radius 2 is 2.43 bits per heavy atom. The maximum Gasteiger partial charge on any atom is 0.170 e. The highest BCUT2D eigenvalue weighted by Gasteiger charge is 2.12. The Hall–Kier alpha value is -0.620. The Balaban J connectivity index is 2.52. The van der Waals surface area contributed by atoms with Crippen LogP contribution >= 0.6 is 23.3 Å². The largest absolute Gasteiger partial charge is 0.388 e. The van der Waals surface area contributed by atoms with Crippen molar-refractivity contribution >= 4 is 29.1 Å². The van der Waals surface area contributed by atoms with Crippen molar-refractivity contribution in [2.75, 3.05) is 0 Å². The zero-order chi connectivity index (χ0) is 10.6. The van der Waals surface area contributed by atoms with Crippen LogP contribution in [0.1, 0.15) is 25.6 Å². The van der Waals surface area contributed by atoms with E-state index < -0.39 is 0 Å². The number of aryl methyl sites for hydroxylation is 1. The molecule has 1 aromatic rings. The molecule has 0 bridgehead atoms. The Morgan fingerprint density at radius 1 is 1.71 bits per heavy atom. The van der Waals surface area contributed by atoms with Crippen LogP contribution in [0.3, 0.4) is 0 Å². The van der Waals surface area contributed by atoms with Gasteiger partial charge in [-0.05, 0) is 24.9 Å². The van der Waals surface area contributed by atoms with Crippen LogP contribution in [0.5, 0.6) is 0 Å². The molecule has 3 N–H and O–H groups in total. The van der Waals surface area contributed by atoms with Crippen LogP contribution in [-0.2, 0) is 0 Å². The molecule has 0 spiro atoms. The van der Waals surface area contributed by atoms with Crippen LogP contribution in [0.2, 0.25) is 0 Å². The Morgan fingerprint density at radius 3 is 2.86 bits per heavy atom. The molecule has 0 fully saturated rings. The molecular weight excluding hydrogens is 216 g/mol. The summed E-state index contributed by atoms with van der Waals surface area (Å²) in [7, 11) is 0. The molecule has 0 saturated heterocycles. The monoisotopic (exact) mass is 230 g/mol. The summed E-state index contributed by atoms with van der Waals surface area (Å²) >= 11 is 3.07. The average Bonchev–Trinajstić information content (AvgIpc) is 2.49. The van der Waals surface area contributed by atoms with Gasteiger partial charge in [0.1, 0.15) is 5.82 Å². The first-order chi connectivity index (χ1) is 6.61. The van der Waals surface area contributed by atoms with E-state index in [0.29, 0.717) is 11.7 Å². The quantitative estimate of drug-likeness (QED) is 0.461. The summed E-state index contributed by atoms with van der Waals surface area (Å²) in [6, 6.07) is 0. The van der Waals surface area contributed by atoms with E-state index in [1.54, 1.807) is 11.8 Å². The minimum atomic E-state index is 0.241. The van der Waals surface area contributed by atoms with Crippen molar-refractivity contribution in [3.8, 4) is 0 Å². The van der Waals surface area contributed by atoms with E-state index in [2.05, 4.69) is 16.3 Å². The minimum Gasteiger partial charge on any atom is -0.388 e. The van der Waals surface area contributed by atoms with Crippen molar-refractivity contribution in [2.24, 2.45) is 5.73 Å². The van der Waals surface area contributed by atoms with Gasteiger partial charge in [0.05, 0.1) is 5.84 Å². The molecule has 0 saturated carbocycles. The van der Waals surface area contributed by atoms with Crippen molar-refractivity contribution in [2.45, 2.75) is 36.3 Å². The molecular formula is C8H14N4S2. The zero-order valence-electron chi connectivity index (χ0n) is 8.28. The predicted molar refractivity (Wildman–Crippen MR) is 61.1 cm³/mol. The van der Waals surface area contributed by atoms with Gasteiger partial charge in [0.2, 0.25) is 0 Å². The molecule has 1 atom stereocenters. The highest BCUT2D eigenvalue weighted by atomic mass is 32.2. The molecule has 0 aliphatic heterocycles. The highest BCUT2D eigenvalue weighted by molar-refractivity contribution is 8.01. The summed E-state index contributed by atoms with van der Waals surface area (Å²) in [5.41, 5.74) is 5.37. The Kier molecular flexibility index (Phi) is 4.34. The maximum absolute atomic E-state index is 7.23. The number of nitrogens with zero attached hydrogens (tertiary/aromatic N) is 2. The van der Waals surface area contributed by atoms with Crippen LogP contribution in [0, 0.1) is 12.3 Å². The van der Waals surface area contributed by atoms with Crippen molar-refractivity contribution in [1.29, 1.82) is 5.41 Å². The third-order valence-corrected chi connectivity index (χ3v) is 3.92. The van der Waals surface area contributed by atoms with Gasteiger partial charge in [0, 0.05) is 11.7 Å². The topological polar surface area (TPSA) is 75.7 Å². The second-order valence-corrected chi connectivity index (χ2v) is 5.28. The number of hydrogen-bond acceptors (Lipinski definition) is 5. The van der Waals surface area contributed by atoms with Crippen LogP contribution in [-0.4, -0.2) is 20.4 Å². The van der Waals surface area contributed by atoms with Crippen LogP contribution < -0.4 is 5.73 Å². The molecule has 4 nitrogen and oxygen atoms in total. The lowest BCUT2D eigenvalue weighted by Gasteiger charge is -2.10. The summed E-state index contributed by atoms with van der Waals surface area (Å²) < 4.78 is 5.08. The number of hydrogen-bond donors (Lipinski definition) is 2. The van der Waals surface area contributed by atoms with E-state index >= 15 is 0 Å². The lowest BCUT2D eigenvalue weighted by molar-refractivity contribution is 0.847. The van der Waals surface area contributed by atoms with Gasteiger partial charge in [0.25, 0.3) is 0 Å². The number of thioether (sulfide) groups is 1. The van der Waals surface area contributed by atoms with E-state index in [0.717, 1.165) is 16.6 Å². The average molecular weight is 230 g/mol. The van der Waals surface area contributed by atoms with Crippen molar-refractivity contribution < 1.29 is 0 Å². The summed E-state index contributed by atoms with van der Waals surface area (Å²) in [5.74, 6) is 1.06. The van der Waals surface area contributed by atoms with E-state index in [9.17, 15) is 0 Å². The second-order valence-electron chi connectivity index (χ2n) is 2.98. The molecule has 1 aromatic heterocycles. The molecule has 0 aromatic carbocycles. The molecule has 78 valence electrons. The standard InChI is InChI=1S/C8H14N4S2/c1-3-6(4-7(9)10)13-8-11-5(2)12-14-8/h6H,3-4H2,1-2H3,(H3,9,10). The molecule has 1 rings (SSSR count). The Bertz CT molecular complexity index is 310. The number of amidine groups is 1. The number of nitrogens with two attached hydrogens (primary N) is 1. The van der Waals surface area contributed by atoms with E-state index in [1.807, 2.05) is 6.92 Å². The van der Waals surface area contributed by atoms with Gasteiger partial charge < -0.3 is 5.73 Å². The highest BCUT2D eigenvalue weighted by Crippen LogP contribution is 2.28. The van der Waals surface area contributed by atoms with Crippen molar-refractivity contribution in [1.82, 2.24) is 9.36 Å². The normalized spacial score (nSPS) is 12.7. The second kappa shape index (κ2) is 5.31. The van der Waals surface area contributed by atoms with Crippen LogP contribution in [0.15, 0.2) is 4.34 Å². The van der Waals surface area contributed by atoms with Gasteiger partial charge in [-0.25, -0.2) is 4.98 Å². The fourth-order valence-corrected chi connectivity index (χ4v) is 3.00. The summed E-state index contributed by atoms with van der Waals surface area (Å²) in [6.45, 7) is 3.97. The molecule has 0 aliphatic carbocycles. The van der Waals surface area contributed by atoms with Gasteiger partial charge in [-0.1, -0.05) is 18.7 Å². The SMILES string of the molecule is CCC(CC(=N)N)Sc1nc(C)ns1. The number of nitrogens with one attached hydrogen (secondary N) is 1. The molecule has 14 heavy (non-hydrogen) atoms. The molecule has 0 aliphatic rings. The van der Waals surface area contributed by atoms with Crippen molar-refractivity contribution in [3.05, 3.63) is 5.82 Å². The van der Waals surface area contributed by atoms with Crippen LogP contribution in [0.25, 0.3) is 0 Å². The van der Waals surface area contributed by atoms with Crippen LogP contribution in [0.4, 0.5) is 0 Å². The Labute approximate surface area is 92.0 Å². The predicted octanol–water partition coefficient (Wildman–Crippen LogP) is 2.04. The first-order valence-electron chi connectivity index (χ1n) is 4.41. The van der Waals surface area contributed by atoms with E-state index in [-0.39, 0.29) is 5.84 Å². The minimum absolute atomic E-state index is 0.241. The first-order valence-corrected chi connectivity index (χ1v) is 6.07. The van der Waals surface area contributed by atoms with Crippen molar-refractivity contribution in [3.63, 3.8) is 0 Å². The summed E-state index contributed by atoms with van der Waals surface area (Å²) in [5, 5.41) is 7.58. The number of rotatable bonds is 5. The van der Waals surface area contributed by atoms with E-state index in [1.165, 1.54) is 11.5 Å². The maximum atomic E-state index is 7.23. The fraction of sp³-hybridized carbons (Fsp3) is 0.625. The third kappa shape index (κ3) is 3.63. The van der Waals surface area contributed by atoms with Gasteiger partial charge in [0.15, 0.2) is 4.34 Å². The molecule has 6 heteroatoms. The fourth-order valence-electron chi connectivity index (χ4n) is 0.983. The third-order valence-electron chi connectivity index (χ3n) is 1.68. The van der Waals surface area contributed by atoms with Gasteiger partial charge in [-0.15, -0.1) is 0 Å². The molecule has 1 heterocycles. The van der Waals surface area contributed by atoms with E-state index in [4.69, 9.17) is 11.1 Å². The van der Waals surface area contributed by atoms with Gasteiger partial charge in [-0.3, -0.25) is 5.41 Å². The van der Waals surface area contributed by atoms with Gasteiger partial charge >= 0.3 is 0 Å². The zero-order valence-corrected chi connectivity index (χ0v) is 9.91. The molecule has 1 unspecified atom stereocenters. The molecule has 0 amide bonds. The smallest absolute Gasteiger partial charge is 0.170 e. The molecule has 0 radical (unpaired) electrons. The summed E-state index contributed by atoms with van der Waals surface area (Å²) in [6.07, 6.45) is 1.61. The van der Waals surface area contributed by atoms with Gasteiger partial charge in [-0.2, -0.15) is 4.37 Å². The number of aromatic nitrogens is 2.